The zero-order chi connectivity index (χ0) is 19.3. The fourth-order valence-electron chi connectivity index (χ4n) is 4.75. The summed E-state index contributed by atoms with van der Waals surface area (Å²) in [5.74, 6) is 1.06. The number of aromatic nitrogens is 4. The molecule has 0 spiro atoms. The maximum atomic E-state index is 13.1. The number of tetrazole rings is 1. The van der Waals surface area contributed by atoms with Crippen LogP contribution in [0.4, 0.5) is 10.5 Å². The van der Waals surface area contributed by atoms with E-state index in [2.05, 4.69) is 43.7 Å². The minimum absolute atomic E-state index is 0.115. The maximum absolute atomic E-state index is 13.1. The molecule has 2 amide bonds. The first kappa shape index (κ1) is 16.9. The lowest BCUT2D eigenvalue weighted by molar-refractivity contribution is 0.206. The molecule has 6 rings (SSSR count). The van der Waals surface area contributed by atoms with Crippen LogP contribution in [-0.4, -0.2) is 50.2 Å². The van der Waals surface area contributed by atoms with Gasteiger partial charge >= 0.3 is 6.03 Å². The zero-order valence-electron chi connectivity index (χ0n) is 15.9. The summed E-state index contributed by atoms with van der Waals surface area (Å²) in [4.78, 5) is 17.1. The molecule has 142 valence electrons. The Hall–Kier alpha value is -3.22. The second-order valence-electron chi connectivity index (χ2n) is 7.13. The molecular formula is C21H22N6O. The van der Waals surface area contributed by atoms with Crippen molar-refractivity contribution < 1.29 is 4.79 Å². The fraction of sp³-hybridized carbons (Fsp3) is 0.333. The standard InChI is InChI=1S/C19H16N6O.C2H6/c26-19-24(10-17-11-5-6-12(9-11)25(17)19)16-8-7-15(18-20-22-23-21-18)13-3-1-2-4-14(13)16;1-2/h1-8,11-12,17H,9-10H2,(H,20,21,22,23);1-2H3/t11?,12?,17-;/m0./s1. The monoisotopic (exact) mass is 374 g/mol. The Morgan fingerprint density at radius 3 is 2.64 bits per heavy atom. The molecule has 3 heterocycles. The number of carbonyl (C=O) groups excluding carboxylic acids is 1. The van der Waals surface area contributed by atoms with E-state index in [1.54, 1.807) is 0 Å². The molecule has 0 saturated carbocycles. The summed E-state index contributed by atoms with van der Waals surface area (Å²) < 4.78 is 0. The molecule has 1 aliphatic carbocycles. The molecule has 7 heteroatoms. The van der Waals surface area contributed by atoms with Crippen LogP contribution in [0.5, 0.6) is 0 Å². The largest absolute Gasteiger partial charge is 0.325 e. The molecule has 2 aliphatic heterocycles. The average molecular weight is 374 g/mol. The number of carbonyl (C=O) groups is 1. The van der Waals surface area contributed by atoms with Crippen LogP contribution < -0.4 is 4.90 Å². The Morgan fingerprint density at radius 2 is 1.89 bits per heavy atom. The van der Waals surface area contributed by atoms with Gasteiger partial charge < -0.3 is 4.90 Å². The Labute approximate surface area is 163 Å². The third-order valence-electron chi connectivity index (χ3n) is 5.90. The number of hydrogen-bond donors (Lipinski definition) is 1. The quantitative estimate of drug-likeness (QED) is 0.695. The van der Waals surface area contributed by atoms with Crippen LogP contribution >= 0.6 is 0 Å². The van der Waals surface area contributed by atoms with Crippen molar-refractivity contribution in [3.05, 3.63) is 48.6 Å². The molecule has 3 atom stereocenters. The van der Waals surface area contributed by atoms with Gasteiger partial charge in [0, 0.05) is 23.4 Å². The van der Waals surface area contributed by atoms with E-state index in [1.807, 2.05) is 49.1 Å². The highest BCUT2D eigenvalue weighted by atomic mass is 16.2. The molecule has 2 fully saturated rings. The van der Waals surface area contributed by atoms with Crippen LogP contribution in [0.15, 0.2) is 48.6 Å². The lowest BCUT2D eigenvalue weighted by Crippen LogP contribution is -2.38. The van der Waals surface area contributed by atoms with Crippen molar-refractivity contribution in [2.75, 3.05) is 11.4 Å². The van der Waals surface area contributed by atoms with Gasteiger partial charge in [0.25, 0.3) is 0 Å². The van der Waals surface area contributed by atoms with Crippen molar-refractivity contribution >= 4 is 22.5 Å². The first-order valence-electron chi connectivity index (χ1n) is 9.85. The van der Waals surface area contributed by atoms with Gasteiger partial charge in [0.2, 0.25) is 5.82 Å². The number of aromatic amines is 1. The summed E-state index contributed by atoms with van der Waals surface area (Å²) in [7, 11) is 0. The molecule has 3 aromatic rings. The summed E-state index contributed by atoms with van der Waals surface area (Å²) in [6.07, 6.45) is 5.54. The SMILES string of the molecule is CC.O=C1N(c2ccc(-c3nn[nH]n3)c3ccccc23)C[C@H]2C3C=CC(C3)N12. The Bertz CT molecular complexity index is 1060. The minimum atomic E-state index is 0.115. The zero-order valence-corrected chi connectivity index (χ0v) is 15.9. The maximum Gasteiger partial charge on any atom is 0.325 e. The molecule has 2 bridgehead atoms. The molecular weight excluding hydrogens is 352 g/mol. The van der Waals surface area contributed by atoms with Crippen LogP contribution in [0.1, 0.15) is 20.3 Å². The van der Waals surface area contributed by atoms with Gasteiger partial charge in [-0.15, -0.1) is 10.2 Å². The van der Waals surface area contributed by atoms with E-state index in [0.29, 0.717) is 17.8 Å². The Balaban J connectivity index is 0.000000829. The summed E-state index contributed by atoms with van der Waals surface area (Å²) in [6.45, 7) is 4.75. The van der Waals surface area contributed by atoms with E-state index in [1.165, 1.54) is 0 Å². The van der Waals surface area contributed by atoms with Gasteiger partial charge in [0.15, 0.2) is 0 Å². The van der Waals surface area contributed by atoms with E-state index >= 15 is 0 Å². The van der Waals surface area contributed by atoms with Gasteiger partial charge in [-0.2, -0.15) is 5.21 Å². The van der Waals surface area contributed by atoms with Crippen LogP contribution in [0.3, 0.4) is 0 Å². The number of H-pyrrole nitrogens is 1. The van der Waals surface area contributed by atoms with Crippen molar-refractivity contribution in [1.82, 2.24) is 25.5 Å². The number of anilines is 1. The molecule has 28 heavy (non-hydrogen) atoms. The number of nitrogens with one attached hydrogen (secondary N) is 1. The number of urea groups is 1. The second kappa shape index (κ2) is 6.44. The average Bonchev–Trinajstić information content (AvgIpc) is 3.53. The lowest BCUT2D eigenvalue weighted by atomic mass is 10.0. The molecule has 1 aromatic heterocycles. The molecule has 2 aromatic carbocycles. The number of fused-ring (bicyclic) bond motifs is 6. The third-order valence-corrected chi connectivity index (χ3v) is 5.90. The van der Waals surface area contributed by atoms with Crippen molar-refractivity contribution in [2.45, 2.75) is 32.4 Å². The smallest absolute Gasteiger partial charge is 0.313 e. The minimum Gasteiger partial charge on any atom is -0.313 e. The number of benzene rings is 2. The predicted molar refractivity (Wildman–Crippen MR) is 108 cm³/mol. The molecule has 1 N–H and O–H groups in total. The van der Waals surface area contributed by atoms with Crippen molar-refractivity contribution in [3.8, 4) is 11.4 Å². The fourth-order valence-corrected chi connectivity index (χ4v) is 4.75. The van der Waals surface area contributed by atoms with Crippen LogP contribution in [0, 0.1) is 5.92 Å². The van der Waals surface area contributed by atoms with Gasteiger partial charge in [0.05, 0.1) is 17.8 Å². The first-order valence-corrected chi connectivity index (χ1v) is 9.85. The van der Waals surface area contributed by atoms with Gasteiger partial charge in [-0.3, -0.25) is 4.90 Å². The van der Waals surface area contributed by atoms with Gasteiger partial charge in [-0.05, 0) is 29.2 Å². The van der Waals surface area contributed by atoms with E-state index in [9.17, 15) is 4.79 Å². The van der Waals surface area contributed by atoms with Crippen molar-refractivity contribution in [1.29, 1.82) is 0 Å². The van der Waals surface area contributed by atoms with Gasteiger partial charge in [-0.1, -0.05) is 50.3 Å². The highest BCUT2D eigenvalue weighted by Gasteiger charge is 2.52. The topological polar surface area (TPSA) is 78.0 Å². The van der Waals surface area contributed by atoms with E-state index in [0.717, 1.165) is 35.0 Å². The molecule has 2 unspecified atom stereocenters. The molecule has 3 aliphatic rings. The third kappa shape index (κ3) is 2.28. The molecule has 2 saturated heterocycles. The summed E-state index contributed by atoms with van der Waals surface area (Å²) in [6, 6.07) is 12.7. The highest BCUT2D eigenvalue weighted by Crippen LogP contribution is 2.44. The number of nitrogens with zero attached hydrogens (tertiary/aromatic N) is 5. The Kier molecular flexibility index (Phi) is 3.89. The van der Waals surface area contributed by atoms with Crippen molar-refractivity contribution in [2.24, 2.45) is 5.92 Å². The Morgan fingerprint density at radius 1 is 1.07 bits per heavy atom. The number of amides is 2. The lowest BCUT2D eigenvalue weighted by Gasteiger charge is -2.24. The molecule has 7 nitrogen and oxygen atoms in total. The van der Waals surface area contributed by atoms with Crippen LogP contribution in [0.2, 0.25) is 0 Å². The molecule has 0 radical (unpaired) electrons. The second-order valence-corrected chi connectivity index (χ2v) is 7.13. The van der Waals surface area contributed by atoms with Gasteiger partial charge in [0.1, 0.15) is 0 Å². The predicted octanol–water partition coefficient (Wildman–Crippen LogP) is 3.62. The first-order chi connectivity index (χ1) is 13.8. The van der Waals surface area contributed by atoms with Crippen LogP contribution in [-0.2, 0) is 0 Å². The van der Waals surface area contributed by atoms with Crippen LogP contribution in [0.25, 0.3) is 22.2 Å². The summed E-state index contributed by atoms with van der Waals surface area (Å²) in [5.41, 5.74) is 1.86. The van der Waals surface area contributed by atoms with Crippen molar-refractivity contribution in [3.63, 3.8) is 0 Å². The van der Waals surface area contributed by atoms with E-state index in [-0.39, 0.29) is 12.1 Å². The highest BCUT2D eigenvalue weighted by molar-refractivity contribution is 6.08. The van der Waals surface area contributed by atoms with E-state index in [4.69, 9.17) is 0 Å². The number of hydrogen-bond acceptors (Lipinski definition) is 4. The number of rotatable bonds is 2. The van der Waals surface area contributed by atoms with Gasteiger partial charge in [-0.25, -0.2) is 4.79 Å². The normalized spacial score (nSPS) is 24.6. The summed E-state index contributed by atoms with van der Waals surface area (Å²) >= 11 is 0. The van der Waals surface area contributed by atoms with E-state index < -0.39 is 0 Å². The summed E-state index contributed by atoms with van der Waals surface area (Å²) in [5, 5.41) is 16.4.